The van der Waals surface area contributed by atoms with Gasteiger partial charge in [-0.2, -0.15) is 0 Å². The first-order valence-corrected chi connectivity index (χ1v) is 10.8. The van der Waals surface area contributed by atoms with Gasteiger partial charge in [-0.25, -0.2) is 9.88 Å². The normalized spacial score (nSPS) is 24.2. The molecule has 1 aliphatic carbocycles. The van der Waals surface area contributed by atoms with Gasteiger partial charge in [0.1, 0.15) is 0 Å². The average molecular weight is 429 g/mol. The van der Waals surface area contributed by atoms with Gasteiger partial charge in [0, 0.05) is 30.6 Å². The minimum atomic E-state index is -0.861. The SMILES string of the molecule is C[C@@H](N)C(=O)N(C(=O)[C@H]1C(C(=O)N2CCOCC2)[C@@H]1c1ccccc1)c1nccs1. The van der Waals surface area contributed by atoms with Gasteiger partial charge in [-0.1, -0.05) is 30.3 Å². The molecule has 2 fully saturated rings. The second-order valence-electron chi connectivity index (χ2n) is 7.54. The first-order chi connectivity index (χ1) is 14.5. The minimum absolute atomic E-state index is 0.0714. The molecule has 0 bridgehead atoms. The molecule has 0 radical (unpaired) electrons. The molecule has 1 aromatic carbocycles. The third-order valence-electron chi connectivity index (χ3n) is 5.54. The van der Waals surface area contributed by atoms with E-state index in [0.717, 1.165) is 10.5 Å². The Hall–Kier alpha value is -2.62. The summed E-state index contributed by atoms with van der Waals surface area (Å²) in [7, 11) is 0. The van der Waals surface area contributed by atoms with Gasteiger partial charge in [-0.3, -0.25) is 14.4 Å². The monoisotopic (exact) mass is 428 g/mol. The average Bonchev–Trinajstić information content (AvgIpc) is 3.30. The Balaban J connectivity index is 1.65. The van der Waals surface area contributed by atoms with Gasteiger partial charge in [0.25, 0.3) is 5.91 Å². The molecule has 8 nitrogen and oxygen atoms in total. The fourth-order valence-electron chi connectivity index (χ4n) is 3.99. The summed E-state index contributed by atoms with van der Waals surface area (Å²) in [5, 5.41) is 1.97. The number of ether oxygens (including phenoxy) is 1. The molecule has 2 aromatic rings. The molecule has 2 heterocycles. The van der Waals surface area contributed by atoms with Crippen LogP contribution in [0.2, 0.25) is 0 Å². The van der Waals surface area contributed by atoms with E-state index in [1.54, 1.807) is 10.3 Å². The van der Waals surface area contributed by atoms with Crippen LogP contribution in [0.5, 0.6) is 0 Å². The van der Waals surface area contributed by atoms with Crippen LogP contribution in [-0.2, 0) is 19.1 Å². The molecule has 30 heavy (non-hydrogen) atoms. The van der Waals surface area contributed by atoms with Crippen molar-refractivity contribution in [3.8, 4) is 0 Å². The van der Waals surface area contributed by atoms with E-state index in [0.29, 0.717) is 26.3 Å². The van der Waals surface area contributed by atoms with E-state index in [1.807, 2.05) is 30.3 Å². The van der Waals surface area contributed by atoms with Crippen molar-refractivity contribution >= 4 is 34.2 Å². The zero-order valence-electron chi connectivity index (χ0n) is 16.6. The summed E-state index contributed by atoms with van der Waals surface area (Å²) in [5.41, 5.74) is 6.71. The fourth-order valence-corrected chi connectivity index (χ4v) is 4.64. The van der Waals surface area contributed by atoms with Crippen LogP contribution < -0.4 is 10.6 Å². The summed E-state index contributed by atoms with van der Waals surface area (Å²) in [4.78, 5) is 46.5. The summed E-state index contributed by atoms with van der Waals surface area (Å²) in [5.74, 6) is -2.44. The molecule has 1 aliphatic heterocycles. The number of imide groups is 1. The fraction of sp³-hybridized carbons (Fsp3) is 0.429. The van der Waals surface area contributed by atoms with E-state index >= 15 is 0 Å². The van der Waals surface area contributed by atoms with Crippen LogP contribution in [0.4, 0.5) is 5.13 Å². The Labute approximate surface area is 178 Å². The van der Waals surface area contributed by atoms with Gasteiger partial charge in [0.15, 0.2) is 5.13 Å². The molecule has 1 saturated heterocycles. The number of nitrogens with two attached hydrogens (primary N) is 1. The van der Waals surface area contributed by atoms with E-state index in [-0.39, 0.29) is 17.0 Å². The number of thiazole rings is 1. The molecule has 2 N–H and O–H groups in total. The van der Waals surface area contributed by atoms with Gasteiger partial charge >= 0.3 is 0 Å². The van der Waals surface area contributed by atoms with Crippen molar-refractivity contribution in [2.24, 2.45) is 17.6 Å². The maximum Gasteiger partial charge on any atom is 0.252 e. The maximum atomic E-state index is 13.6. The van der Waals surface area contributed by atoms with E-state index in [4.69, 9.17) is 10.5 Å². The zero-order valence-corrected chi connectivity index (χ0v) is 17.5. The molecule has 1 saturated carbocycles. The Morgan fingerprint density at radius 2 is 1.90 bits per heavy atom. The second-order valence-corrected chi connectivity index (χ2v) is 8.41. The van der Waals surface area contributed by atoms with E-state index in [9.17, 15) is 14.4 Å². The number of rotatable bonds is 5. The number of anilines is 1. The Morgan fingerprint density at radius 3 is 2.50 bits per heavy atom. The minimum Gasteiger partial charge on any atom is -0.378 e. The summed E-state index contributed by atoms with van der Waals surface area (Å²) < 4.78 is 5.35. The molecule has 1 aromatic heterocycles. The van der Waals surface area contributed by atoms with Gasteiger partial charge in [-0.15, -0.1) is 11.3 Å². The van der Waals surface area contributed by atoms with Gasteiger partial charge < -0.3 is 15.4 Å². The second kappa shape index (κ2) is 8.63. The lowest BCUT2D eigenvalue weighted by Gasteiger charge is -2.27. The van der Waals surface area contributed by atoms with Crippen LogP contribution in [0.1, 0.15) is 18.4 Å². The highest BCUT2D eigenvalue weighted by Crippen LogP contribution is 2.56. The van der Waals surface area contributed by atoms with Crippen LogP contribution in [0.15, 0.2) is 41.9 Å². The summed E-state index contributed by atoms with van der Waals surface area (Å²) in [6.45, 7) is 3.52. The quantitative estimate of drug-likeness (QED) is 0.768. The van der Waals surface area contributed by atoms with Crippen molar-refractivity contribution < 1.29 is 19.1 Å². The number of amides is 3. The highest BCUT2D eigenvalue weighted by molar-refractivity contribution is 7.14. The summed E-state index contributed by atoms with van der Waals surface area (Å²) in [6.07, 6.45) is 1.53. The standard InChI is InChI=1S/C21H24N4O4S/c1-13(22)18(26)25(21-23-7-12-30-21)20(28)17-15(14-5-3-2-4-6-14)16(17)19(27)24-8-10-29-11-9-24/h2-7,12-13,15-17H,8-11,22H2,1H3/t13-,15+,16?,17-/m1/s1. The number of hydrogen-bond donors (Lipinski definition) is 1. The number of morpholine rings is 1. The Kier molecular flexibility index (Phi) is 5.94. The molecule has 4 atom stereocenters. The zero-order chi connectivity index (χ0) is 21.3. The third kappa shape index (κ3) is 3.88. The summed E-state index contributed by atoms with van der Waals surface area (Å²) >= 11 is 1.19. The van der Waals surface area contributed by atoms with E-state index < -0.39 is 29.7 Å². The van der Waals surface area contributed by atoms with Crippen LogP contribution in [0, 0.1) is 11.8 Å². The van der Waals surface area contributed by atoms with Crippen LogP contribution in [0.25, 0.3) is 0 Å². The predicted molar refractivity (Wildman–Crippen MR) is 112 cm³/mol. The highest BCUT2D eigenvalue weighted by atomic mass is 32.1. The topological polar surface area (TPSA) is 106 Å². The van der Waals surface area contributed by atoms with Crippen LogP contribution in [0.3, 0.4) is 0 Å². The number of carbonyl (C=O) groups is 3. The number of carbonyl (C=O) groups excluding carboxylic acids is 3. The number of aromatic nitrogens is 1. The molecular weight excluding hydrogens is 404 g/mol. The van der Waals surface area contributed by atoms with Crippen molar-refractivity contribution in [3.63, 3.8) is 0 Å². The van der Waals surface area contributed by atoms with Gasteiger partial charge in [0.2, 0.25) is 11.8 Å². The van der Waals surface area contributed by atoms with Crippen molar-refractivity contribution in [3.05, 3.63) is 47.5 Å². The maximum absolute atomic E-state index is 13.6. The number of nitrogens with zero attached hydrogens (tertiary/aromatic N) is 3. The largest absolute Gasteiger partial charge is 0.378 e. The van der Waals surface area contributed by atoms with Crippen LogP contribution >= 0.6 is 11.3 Å². The lowest BCUT2D eigenvalue weighted by Crippen LogP contribution is -2.47. The predicted octanol–water partition coefficient (Wildman–Crippen LogP) is 1.24. The van der Waals surface area contributed by atoms with Crippen molar-refractivity contribution in [2.45, 2.75) is 18.9 Å². The van der Waals surface area contributed by atoms with E-state index in [2.05, 4.69) is 4.98 Å². The Bertz CT molecular complexity index is 912. The molecule has 158 valence electrons. The first kappa shape index (κ1) is 20.6. The van der Waals surface area contributed by atoms with Gasteiger partial charge in [-0.05, 0) is 12.5 Å². The molecule has 3 amide bonds. The summed E-state index contributed by atoms with van der Waals surface area (Å²) in [6, 6.07) is 8.63. The Morgan fingerprint density at radius 1 is 1.20 bits per heavy atom. The number of hydrogen-bond acceptors (Lipinski definition) is 7. The molecule has 4 rings (SSSR count). The van der Waals surface area contributed by atoms with Crippen LogP contribution in [-0.4, -0.2) is 60.0 Å². The third-order valence-corrected chi connectivity index (χ3v) is 6.29. The highest BCUT2D eigenvalue weighted by Gasteiger charge is 2.62. The lowest BCUT2D eigenvalue weighted by atomic mass is 10.1. The molecule has 1 unspecified atom stereocenters. The van der Waals surface area contributed by atoms with Gasteiger partial charge in [0.05, 0.1) is 31.1 Å². The number of benzene rings is 1. The molecular formula is C21H24N4O4S. The molecule has 0 spiro atoms. The van der Waals surface area contributed by atoms with Crippen molar-refractivity contribution in [2.75, 3.05) is 31.2 Å². The lowest BCUT2D eigenvalue weighted by molar-refractivity contribution is -0.138. The molecule has 9 heteroatoms. The smallest absolute Gasteiger partial charge is 0.252 e. The van der Waals surface area contributed by atoms with Crippen molar-refractivity contribution in [1.29, 1.82) is 0 Å². The van der Waals surface area contributed by atoms with Crippen molar-refractivity contribution in [1.82, 2.24) is 9.88 Å². The molecule has 2 aliphatic rings. The first-order valence-electron chi connectivity index (χ1n) is 9.95. The van der Waals surface area contributed by atoms with E-state index in [1.165, 1.54) is 24.5 Å².